The van der Waals surface area contributed by atoms with Crippen LogP contribution in [0.4, 0.5) is 0 Å². The third-order valence-electron chi connectivity index (χ3n) is 5.40. The Kier molecular flexibility index (Phi) is 5.39. The van der Waals surface area contributed by atoms with Crippen LogP contribution in [0.1, 0.15) is 42.1 Å². The van der Waals surface area contributed by atoms with Crippen molar-refractivity contribution in [3.05, 3.63) is 48.3 Å². The Morgan fingerprint density at radius 1 is 1.21 bits per heavy atom. The summed E-state index contributed by atoms with van der Waals surface area (Å²) in [7, 11) is 4.08. The molecular weight excluding hydrogens is 350 g/mol. The predicted molar refractivity (Wildman–Crippen MR) is 111 cm³/mol. The number of benzene rings is 1. The molecule has 1 aromatic carbocycles. The molecular formula is C22H27N5O. The summed E-state index contributed by atoms with van der Waals surface area (Å²) in [4.78, 5) is 23.7. The molecule has 6 nitrogen and oxygen atoms in total. The van der Waals surface area contributed by atoms with Gasteiger partial charge in [-0.1, -0.05) is 0 Å². The van der Waals surface area contributed by atoms with Crippen LogP contribution in [-0.2, 0) is 0 Å². The van der Waals surface area contributed by atoms with Crippen LogP contribution < -0.4 is 5.32 Å². The second-order valence-corrected chi connectivity index (χ2v) is 7.74. The molecule has 4 rings (SSSR count). The van der Waals surface area contributed by atoms with Crippen LogP contribution in [0, 0.1) is 0 Å². The van der Waals surface area contributed by atoms with Gasteiger partial charge in [0, 0.05) is 36.1 Å². The molecule has 1 aliphatic carbocycles. The van der Waals surface area contributed by atoms with Gasteiger partial charge in [0.2, 0.25) is 0 Å². The molecule has 1 aliphatic rings. The molecule has 1 amide bonds. The fourth-order valence-electron chi connectivity index (χ4n) is 3.65. The van der Waals surface area contributed by atoms with Crippen molar-refractivity contribution in [2.24, 2.45) is 0 Å². The molecule has 0 aliphatic heterocycles. The standard InChI is InChI=1S/C22H27N5O/c1-26(2)14-4-11-24-22(28)17-7-8-19-20(15-17)27(18-5-3-6-18)21(25-19)16-9-12-23-13-10-16/h7-10,12-13,15,18H,3-6,11,14H2,1-2H3,(H,24,28). The largest absolute Gasteiger partial charge is 0.352 e. The summed E-state index contributed by atoms with van der Waals surface area (Å²) in [6, 6.07) is 10.3. The zero-order chi connectivity index (χ0) is 19.5. The number of carbonyl (C=O) groups excluding carboxylic acids is 1. The van der Waals surface area contributed by atoms with Crippen LogP contribution >= 0.6 is 0 Å². The van der Waals surface area contributed by atoms with Crippen LogP contribution in [0.25, 0.3) is 22.4 Å². The summed E-state index contributed by atoms with van der Waals surface area (Å²) in [6.45, 7) is 1.64. The van der Waals surface area contributed by atoms with Crippen LogP contribution in [0.3, 0.4) is 0 Å². The van der Waals surface area contributed by atoms with E-state index in [1.807, 2.05) is 44.4 Å². The first-order valence-corrected chi connectivity index (χ1v) is 9.99. The highest BCUT2D eigenvalue weighted by molar-refractivity contribution is 5.98. The third kappa shape index (κ3) is 3.78. The maximum Gasteiger partial charge on any atom is 0.251 e. The Bertz CT molecular complexity index is 960. The van der Waals surface area contributed by atoms with E-state index in [9.17, 15) is 4.79 Å². The third-order valence-corrected chi connectivity index (χ3v) is 5.40. The van der Waals surface area contributed by atoms with E-state index in [0.29, 0.717) is 18.2 Å². The lowest BCUT2D eigenvalue weighted by Crippen LogP contribution is -2.27. The topological polar surface area (TPSA) is 63.1 Å². The van der Waals surface area contributed by atoms with Gasteiger partial charge in [0.15, 0.2) is 0 Å². The van der Waals surface area contributed by atoms with Crippen LogP contribution in [0.2, 0.25) is 0 Å². The van der Waals surface area contributed by atoms with E-state index in [4.69, 9.17) is 4.98 Å². The SMILES string of the molecule is CN(C)CCCNC(=O)c1ccc2nc(-c3ccncc3)n(C3CCC3)c2c1. The first kappa shape index (κ1) is 18.6. The number of amides is 1. The lowest BCUT2D eigenvalue weighted by Gasteiger charge is -2.29. The molecule has 0 saturated heterocycles. The minimum atomic E-state index is -0.0209. The molecule has 1 N–H and O–H groups in total. The van der Waals surface area contributed by atoms with Gasteiger partial charge in [-0.3, -0.25) is 9.78 Å². The van der Waals surface area contributed by atoms with E-state index < -0.39 is 0 Å². The minimum Gasteiger partial charge on any atom is -0.352 e. The van der Waals surface area contributed by atoms with E-state index in [2.05, 4.69) is 19.8 Å². The van der Waals surface area contributed by atoms with Gasteiger partial charge in [-0.2, -0.15) is 0 Å². The van der Waals surface area contributed by atoms with E-state index in [1.165, 1.54) is 6.42 Å². The molecule has 28 heavy (non-hydrogen) atoms. The summed E-state index contributed by atoms with van der Waals surface area (Å²) in [5.41, 5.74) is 3.73. The molecule has 2 heterocycles. The second-order valence-electron chi connectivity index (χ2n) is 7.74. The molecule has 0 unspecified atom stereocenters. The molecule has 1 fully saturated rings. The van der Waals surface area contributed by atoms with Crippen molar-refractivity contribution < 1.29 is 4.79 Å². The Morgan fingerprint density at radius 2 is 2.00 bits per heavy atom. The van der Waals surface area contributed by atoms with Gasteiger partial charge in [0.1, 0.15) is 5.82 Å². The van der Waals surface area contributed by atoms with Gasteiger partial charge >= 0.3 is 0 Å². The van der Waals surface area contributed by atoms with Crippen LogP contribution in [-0.4, -0.2) is 52.5 Å². The van der Waals surface area contributed by atoms with Crippen molar-refractivity contribution in [2.45, 2.75) is 31.7 Å². The summed E-state index contributed by atoms with van der Waals surface area (Å²) in [5, 5.41) is 3.03. The number of pyridine rings is 1. The quantitative estimate of drug-likeness (QED) is 0.640. The number of aromatic nitrogens is 3. The molecule has 3 aromatic rings. The minimum absolute atomic E-state index is 0.0209. The Balaban J connectivity index is 1.64. The first-order chi connectivity index (χ1) is 13.6. The first-order valence-electron chi connectivity index (χ1n) is 9.99. The van der Waals surface area contributed by atoms with Gasteiger partial charge in [-0.25, -0.2) is 4.98 Å². The van der Waals surface area contributed by atoms with E-state index >= 15 is 0 Å². The number of hydrogen-bond donors (Lipinski definition) is 1. The number of carbonyl (C=O) groups is 1. The number of hydrogen-bond acceptors (Lipinski definition) is 4. The average molecular weight is 377 g/mol. The molecule has 6 heteroatoms. The average Bonchev–Trinajstić information content (AvgIpc) is 3.03. The number of nitrogens with one attached hydrogen (secondary N) is 1. The Labute approximate surface area is 165 Å². The summed E-state index contributed by atoms with van der Waals surface area (Å²) in [5.74, 6) is 0.943. The number of nitrogens with zero attached hydrogens (tertiary/aromatic N) is 4. The van der Waals surface area contributed by atoms with Crippen molar-refractivity contribution in [1.29, 1.82) is 0 Å². The molecule has 2 aromatic heterocycles. The number of rotatable bonds is 7. The van der Waals surface area contributed by atoms with E-state index in [0.717, 1.165) is 48.2 Å². The monoisotopic (exact) mass is 377 g/mol. The lowest BCUT2D eigenvalue weighted by atomic mass is 9.92. The highest BCUT2D eigenvalue weighted by atomic mass is 16.1. The van der Waals surface area contributed by atoms with Crippen molar-refractivity contribution in [2.75, 3.05) is 27.2 Å². The molecule has 146 valence electrons. The lowest BCUT2D eigenvalue weighted by molar-refractivity contribution is 0.0952. The zero-order valence-electron chi connectivity index (χ0n) is 16.6. The molecule has 0 spiro atoms. The Morgan fingerprint density at radius 3 is 2.68 bits per heavy atom. The van der Waals surface area contributed by atoms with Crippen molar-refractivity contribution in [1.82, 2.24) is 24.8 Å². The normalized spacial score (nSPS) is 14.4. The van der Waals surface area contributed by atoms with Gasteiger partial charge in [0.05, 0.1) is 11.0 Å². The van der Waals surface area contributed by atoms with Crippen LogP contribution in [0.15, 0.2) is 42.7 Å². The van der Waals surface area contributed by atoms with Gasteiger partial charge in [-0.15, -0.1) is 0 Å². The second kappa shape index (κ2) is 8.10. The van der Waals surface area contributed by atoms with Crippen LogP contribution in [0.5, 0.6) is 0 Å². The zero-order valence-corrected chi connectivity index (χ0v) is 16.6. The molecule has 1 saturated carbocycles. The summed E-state index contributed by atoms with van der Waals surface area (Å²) >= 11 is 0. The maximum atomic E-state index is 12.6. The van der Waals surface area contributed by atoms with E-state index in [-0.39, 0.29) is 5.91 Å². The highest BCUT2D eigenvalue weighted by Crippen LogP contribution is 2.38. The maximum absolute atomic E-state index is 12.6. The van der Waals surface area contributed by atoms with Crippen molar-refractivity contribution >= 4 is 16.9 Å². The molecule has 0 radical (unpaired) electrons. The fourth-order valence-corrected chi connectivity index (χ4v) is 3.65. The molecule has 0 bridgehead atoms. The predicted octanol–water partition coefficient (Wildman–Crippen LogP) is 3.50. The van der Waals surface area contributed by atoms with Gasteiger partial charge in [0.25, 0.3) is 5.91 Å². The molecule has 0 atom stereocenters. The van der Waals surface area contributed by atoms with Crippen molar-refractivity contribution in [3.8, 4) is 11.4 Å². The number of fused-ring (bicyclic) bond motifs is 1. The van der Waals surface area contributed by atoms with Gasteiger partial charge < -0.3 is 14.8 Å². The number of imidazole rings is 1. The smallest absolute Gasteiger partial charge is 0.251 e. The van der Waals surface area contributed by atoms with Gasteiger partial charge in [-0.05, 0) is 76.7 Å². The fraction of sp³-hybridized carbons (Fsp3) is 0.409. The summed E-state index contributed by atoms with van der Waals surface area (Å²) < 4.78 is 2.32. The van der Waals surface area contributed by atoms with Crippen molar-refractivity contribution in [3.63, 3.8) is 0 Å². The van der Waals surface area contributed by atoms with E-state index in [1.54, 1.807) is 12.4 Å². The Hall–Kier alpha value is -2.73. The summed E-state index contributed by atoms with van der Waals surface area (Å²) in [6.07, 6.45) is 8.09. The highest BCUT2D eigenvalue weighted by Gasteiger charge is 2.25.